The lowest BCUT2D eigenvalue weighted by Gasteiger charge is -2.28. The number of para-hydroxylation sites is 2. The molecule has 2 atom stereocenters. The highest BCUT2D eigenvalue weighted by Crippen LogP contribution is 2.34. The van der Waals surface area contributed by atoms with Crippen LogP contribution in [0.3, 0.4) is 0 Å². The third-order valence-electron chi connectivity index (χ3n) is 5.96. The van der Waals surface area contributed by atoms with Gasteiger partial charge in [-0.2, -0.15) is 0 Å². The van der Waals surface area contributed by atoms with Crippen molar-refractivity contribution in [2.24, 2.45) is 0 Å². The van der Waals surface area contributed by atoms with Crippen molar-refractivity contribution in [2.75, 3.05) is 25.1 Å². The number of nitrogens with one attached hydrogen (secondary N) is 1. The van der Waals surface area contributed by atoms with Gasteiger partial charge in [-0.25, -0.2) is 4.39 Å². The zero-order valence-corrected chi connectivity index (χ0v) is 20.5. The molecule has 0 radical (unpaired) electrons. The van der Waals surface area contributed by atoms with Crippen molar-refractivity contribution in [1.82, 2.24) is 20.1 Å². The Balaban J connectivity index is 1.57. The maximum atomic E-state index is 13.2. The summed E-state index contributed by atoms with van der Waals surface area (Å²) in [5.74, 6) is 1.05. The lowest BCUT2D eigenvalue weighted by atomic mass is 10.1. The van der Waals surface area contributed by atoms with Gasteiger partial charge in [-0.15, -0.1) is 10.2 Å². The quantitative estimate of drug-likeness (QED) is 0.466. The molecule has 0 spiro atoms. The number of halogens is 1. The summed E-state index contributed by atoms with van der Waals surface area (Å²) >= 11 is 1.35. The second-order valence-electron chi connectivity index (χ2n) is 8.38. The highest BCUT2D eigenvalue weighted by Gasteiger charge is 2.26. The molecule has 1 aliphatic rings. The van der Waals surface area contributed by atoms with Gasteiger partial charge in [0.25, 0.3) is 0 Å². The van der Waals surface area contributed by atoms with Crippen molar-refractivity contribution in [3.63, 3.8) is 0 Å². The van der Waals surface area contributed by atoms with Crippen LogP contribution in [0.4, 0.5) is 10.3 Å². The van der Waals surface area contributed by atoms with Crippen molar-refractivity contribution >= 4 is 23.6 Å². The molecular formula is C25H30FN5O2S. The number of aromatic nitrogens is 3. The summed E-state index contributed by atoms with van der Waals surface area (Å²) < 4.78 is 20.8. The fourth-order valence-electron chi connectivity index (χ4n) is 4.04. The molecule has 2 unspecified atom stereocenters. The van der Waals surface area contributed by atoms with Crippen molar-refractivity contribution in [3.05, 3.63) is 59.9 Å². The molecule has 2 heterocycles. The Labute approximate surface area is 203 Å². The van der Waals surface area contributed by atoms with Crippen LogP contribution >= 0.6 is 11.8 Å². The molecule has 4 rings (SSSR count). The number of nitrogens with zero attached hydrogens (tertiary/aromatic N) is 4. The van der Waals surface area contributed by atoms with E-state index in [1.165, 1.54) is 30.3 Å². The molecule has 0 saturated carbocycles. The summed E-state index contributed by atoms with van der Waals surface area (Å²) in [4.78, 5) is 15.2. The van der Waals surface area contributed by atoms with Gasteiger partial charge in [0.05, 0.1) is 24.1 Å². The van der Waals surface area contributed by atoms with E-state index in [1.807, 2.05) is 42.7 Å². The van der Waals surface area contributed by atoms with E-state index in [-0.39, 0.29) is 17.8 Å². The maximum absolute atomic E-state index is 13.2. The number of anilines is 1. The van der Waals surface area contributed by atoms with Crippen LogP contribution < -0.4 is 15.0 Å². The number of piperidine rings is 1. The van der Waals surface area contributed by atoms with Crippen molar-refractivity contribution in [2.45, 2.75) is 49.6 Å². The summed E-state index contributed by atoms with van der Waals surface area (Å²) in [6.07, 6.45) is 3.44. The lowest BCUT2D eigenvalue weighted by Crippen LogP contribution is -2.33. The van der Waals surface area contributed by atoms with E-state index in [0.29, 0.717) is 10.9 Å². The first-order chi connectivity index (χ1) is 16.5. The Morgan fingerprint density at radius 1 is 1.06 bits per heavy atom. The molecule has 9 heteroatoms. The number of ether oxygens (including phenoxy) is 1. The number of methoxy groups -OCH3 is 1. The summed E-state index contributed by atoms with van der Waals surface area (Å²) in [6, 6.07) is 13.7. The second kappa shape index (κ2) is 10.9. The molecule has 7 nitrogen and oxygen atoms in total. The van der Waals surface area contributed by atoms with E-state index in [9.17, 15) is 9.18 Å². The number of thioether (sulfide) groups is 1. The van der Waals surface area contributed by atoms with Crippen molar-refractivity contribution in [3.8, 4) is 11.4 Å². The first kappa shape index (κ1) is 24.1. The minimum absolute atomic E-state index is 0.129. The Morgan fingerprint density at radius 3 is 2.47 bits per heavy atom. The first-order valence-electron chi connectivity index (χ1n) is 11.5. The van der Waals surface area contributed by atoms with Gasteiger partial charge in [-0.05, 0) is 62.9 Å². The van der Waals surface area contributed by atoms with Crippen LogP contribution in [-0.2, 0) is 4.79 Å². The number of carbonyl (C=O) groups is 1. The van der Waals surface area contributed by atoms with Gasteiger partial charge in [-0.3, -0.25) is 9.36 Å². The molecule has 1 aromatic heterocycles. The van der Waals surface area contributed by atoms with Crippen LogP contribution in [0.2, 0.25) is 0 Å². The van der Waals surface area contributed by atoms with Gasteiger partial charge in [-0.1, -0.05) is 36.0 Å². The molecule has 1 aliphatic heterocycles. The Hall–Kier alpha value is -3.07. The van der Waals surface area contributed by atoms with Crippen LogP contribution in [0.25, 0.3) is 5.69 Å². The molecule has 1 N–H and O–H groups in total. The molecule has 34 heavy (non-hydrogen) atoms. The van der Waals surface area contributed by atoms with E-state index in [0.717, 1.165) is 43.1 Å². The summed E-state index contributed by atoms with van der Waals surface area (Å²) in [6.45, 7) is 5.57. The van der Waals surface area contributed by atoms with Crippen LogP contribution in [-0.4, -0.2) is 46.1 Å². The first-order valence-corrected chi connectivity index (χ1v) is 12.4. The Bertz CT molecular complexity index is 1110. The minimum atomic E-state index is -0.422. The number of hydrogen-bond acceptors (Lipinski definition) is 6. The number of amides is 1. The van der Waals surface area contributed by atoms with Crippen LogP contribution in [0.15, 0.2) is 53.7 Å². The third kappa shape index (κ3) is 5.35. The number of hydrogen-bond donors (Lipinski definition) is 1. The van der Waals surface area contributed by atoms with E-state index in [2.05, 4.69) is 20.4 Å². The largest absolute Gasteiger partial charge is 0.495 e. The highest BCUT2D eigenvalue weighted by atomic mass is 32.2. The Morgan fingerprint density at radius 2 is 1.76 bits per heavy atom. The van der Waals surface area contributed by atoms with Gasteiger partial charge >= 0.3 is 0 Å². The van der Waals surface area contributed by atoms with Crippen molar-refractivity contribution < 1.29 is 13.9 Å². The van der Waals surface area contributed by atoms with Crippen LogP contribution in [0.1, 0.15) is 44.7 Å². The molecule has 0 aliphatic carbocycles. The van der Waals surface area contributed by atoms with Gasteiger partial charge < -0.3 is 15.0 Å². The standard InChI is InChI=1S/C25H30FN5O2S/c1-17(19-11-13-20(26)14-12-19)27-23(32)18(2)34-25-29-28-24(30-15-7-4-8-16-30)31(25)21-9-5-6-10-22(21)33-3/h5-6,9-14,17-18H,4,7-8,15-16H2,1-3H3,(H,27,32). The van der Waals surface area contributed by atoms with E-state index < -0.39 is 5.25 Å². The molecule has 1 amide bonds. The molecule has 0 bridgehead atoms. The molecule has 1 saturated heterocycles. The molecule has 1 fully saturated rings. The second-order valence-corrected chi connectivity index (χ2v) is 9.69. The number of benzene rings is 2. The number of rotatable bonds is 8. The summed E-state index contributed by atoms with van der Waals surface area (Å²) in [5, 5.41) is 12.2. The van der Waals surface area contributed by atoms with Gasteiger partial charge in [0, 0.05) is 13.1 Å². The topological polar surface area (TPSA) is 72.3 Å². The third-order valence-corrected chi connectivity index (χ3v) is 7.00. The zero-order chi connectivity index (χ0) is 24.1. The smallest absolute Gasteiger partial charge is 0.233 e. The molecular weight excluding hydrogens is 453 g/mol. The lowest BCUT2D eigenvalue weighted by molar-refractivity contribution is -0.120. The van der Waals surface area contributed by atoms with Crippen molar-refractivity contribution in [1.29, 1.82) is 0 Å². The SMILES string of the molecule is COc1ccccc1-n1c(SC(C)C(=O)NC(C)c2ccc(F)cc2)nnc1N1CCCCC1. The monoisotopic (exact) mass is 483 g/mol. The van der Waals surface area contributed by atoms with Crippen LogP contribution in [0, 0.1) is 5.82 Å². The highest BCUT2D eigenvalue weighted by molar-refractivity contribution is 8.00. The molecule has 180 valence electrons. The van der Waals surface area contributed by atoms with Gasteiger partial charge in [0.15, 0.2) is 5.16 Å². The fourth-order valence-corrected chi connectivity index (χ4v) is 4.90. The summed E-state index contributed by atoms with van der Waals surface area (Å²) in [5.41, 5.74) is 1.68. The molecule has 3 aromatic rings. The minimum Gasteiger partial charge on any atom is -0.495 e. The average Bonchev–Trinajstić information content (AvgIpc) is 3.28. The van der Waals surface area contributed by atoms with Crippen LogP contribution in [0.5, 0.6) is 5.75 Å². The predicted molar refractivity (Wildman–Crippen MR) is 132 cm³/mol. The summed E-state index contributed by atoms with van der Waals surface area (Å²) in [7, 11) is 1.64. The Kier molecular flexibility index (Phi) is 7.72. The maximum Gasteiger partial charge on any atom is 0.233 e. The average molecular weight is 484 g/mol. The van der Waals surface area contributed by atoms with Gasteiger partial charge in [0.2, 0.25) is 11.9 Å². The van der Waals surface area contributed by atoms with E-state index in [1.54, 1.807) is 19.2 Å². The normalized spacial score (nSPS) is 15.6. The predicted octanol–water partition coefficient (Wildman–Crippen LogP) is 4.76. The van der Waals surface area contributed by atoms with E-state index >= 15 is 0 Å². The fraction of sp³-hybridized carbons (Fsp3) is 0.400. The number of carbonyl (C=O) groups excluding carboxylic acids is 1. The van der Waals surface area contributed by atoms with E-state index in [4.69, 9.17) is 4.74 Å². The zero-order valence-electron chi connectivity index (χ0n) is 19.7. The molecule has 2 aromatic carbocycles. The van der Waals surface area contributed by atoms with Gasteiger partial charge in [0.1, 0.15) is 11.6 Å².